The molecule has 8 heteroatoms. The number of carbonyl (C=O) groups is 1. The van der Waals surface area contributed by atoms with Crippen LogP contribution in [0.1, 0.15) is 35.5 Å². The van der Waals surface area contributed by atoms with Crippen molar-refractivity contribution in [3.05, 3.63) is 53.9 Å². The summed E-state index contributed by atoms with van der Waals surface area (Å²) in [6.45, 7) is 2.76. The number of aromatic nitrogens is 6. The van der Waals surface area contributed by atoms with Crippen LogP contribution in [0.5, 0.6) is 0 Å². The summed E-state index contributed by atoms with van der Waals surface area (Å²) in [5, 5.41) is 19.9. The first kappa shape index (κ1) is 15.5. The number of rotatable bonds is 4. The van der Waals surface area contributed by atoms with Crippen molar-refractivity contribution < 1.29 is 4.79 Å². The molecule has 0 saturated heterocycles. The molecule has 25 heavy (non-hydrogen) atoms. The monoisotopic (exact) mass is 337 g/mol. The maximum atomic E-state index is 12.5. The Morgan fingerprint density at radius 3 is 2.92 bits per heavy atom. The van der Waals surface area contributed by atoms with Crippen molar-refractivity contribution in [3.8, 4) is 5.69 Å². The van der Waals surface area contributed by atoms with E-state index >= 15 is 0 Å². The van der Waals surface area contributed by atoms with E-state index in [2.05, 4.69) is 37.2 Å². The summed E-state index contributed by atoms with van der Waals surface area (Å²) in [5.41, 5.74) is 1.13. The average Bonchev–Trinajstić information content (AvgIpc) is 3.29. The quantitative estimate of drug-likeness (QED) is 0.772. The molecule has 3 aromatic rings. The van der Waals surface area contributed by atoms with Crippen molar-refractivity contribution in [2.75, 3.05) is 0 Å². The molecule has 8 nitrogen and oxygen atoms in total. The van der Waals surface area contributed by atoms with Gasteiger partial charge in [-0.15, -0.1) is 15.3 Å². The summed E-state index contributed by atoms with van der Waals surface area (Å²) in [5.74, 6) is 1.75. The first-order chi connectivity index (χ1) is 12.2. The number of amides is 1. The molecule has 1 aliphatic heterocycles. The van der Waals surface area contributed by atoms with Gasteiger partial charge in [-0.1, -0.05) is 25.1 Å². The van der Waals surface area contributed by atoms with Gasteiger partial charge in [0, 0.05) is 25.4 Å². The SMILES string of the molecule is CCc1nnc2n1CC(NC(=O)c1cnn(-c3ccccc3)n1)CC2. The summed E-state index contributed by atoms with van der Waals surface area (Å²) in [4.78, 5) is 14.0. The van der Waals surface area contributed by atoms with E-state index < -0.39 is 0 Å². The highest BCUT2D eigenvalue weighted by Gasteiger charge is 2.24. The molecule has 1 aliphatic rings. The van der Waals surface area contributed by atoms with E-state index in [1.165, 1.54) is 11.0 Å². The van der Waals surface area contributed by atoms with Gasteiger partial charge in [-0.05, 0) is 18.6 Å². The van der Waals surface area contributed by atoms with Crippen LogP contribution in [0.3, 0.4) is 0 Å². The van der Waals surface area contributed by atoms with Crippen molar-refractivity contribution in [3.63, 3.8) is 0 Å². The number of aryl methyl sites for hydroxylation is 2. The van der Waals surface area contributed by atoms with E-state index in [9.17, 15) is 4.79 Å². The van der Waals surface area contributed by atoms with Crippen molar-refractivity contribution in [2.24, 2.45) is 0 Å². The molecule has 3 heterocycles. The second-order valence-electron chi connectivity index (χ2n) is 6.06. The Balaban J connectivity index is 1.45. The molecular formula is C17H19N7O. The summed E-state index contributed by atoms with van der Waals surface area (Å²) in [6, 6.07) is 9.56. The Labute approximate surface area is 144 Å². The molecule has 1 N–H and O–H groups in total. The predicted octanol–water partition coefficient (Wildman–Crippen LogP) is 1.17. The molecule has 0 fully saturated rings. The largest absolute Gasteiger partial charge is 0.346 e. The standard InChI is InChI=1S/C17H19N7O/c1-2-15-20-21-16-9-8-12(11-23(15)16)19-17(25)14-10-18-24(22-14)13-6-4-3-5-7-13/h3-7,10,12H,2,8-9,11H2,1H3,(H,19,25). The lowest BCUT2D eigenvalue weighted by atomic mass is 10.1. The Morgan fingerprint density at radius 1 is 1.28 bits per heavy atom. The highest BCUT2D eigenvalue weighted by molar-refractivity contribution is 5.92. The van der Waals surface area contributed by atoms with Crippen molar-refractivity contribution in [1.29, 1.82) is 0 Å². The minimum absolute atomic E-state index is 0.0446. The molecule has 0 bridgehead atoms. The maximum Gasteiger partial charge on any atom is 0.273 e. The molecule has 0 aliphatic carbocycles. The van der Waals surface area contributed by atoms with Gasteiger partial charge >= 0.3 is 0 Å². The summed E-state index contributed by atoms with van der Waals surface area (Å²) < 4.78 is 2.11. The minimum atomic E-state index is -0.207. The van der Waals surface area contributed by atoms with Crippen LogP contribution in [0.25, 0.3) is 5.69 Å². The molecule has 2 aromatic heterocycles. The fourth-order valence-corrected chi connectivity index (χ4v) is 3.07. The zero-order valence-electron chi connectivity index (χ0n) is 14.0. The molecule has 0 radical (unpaired) electrons. The number of carbonyl (C=O) groups excluding carboxylic acids is 1. The van der Waals surface area contributed by atoms with E-state index in [-0.39, 0.29) is 11.9 Å². The Morgan fingerprint density at radius 2 is 2.12 bits per heavy atom. The fourth-order valence-electron chi connectivity index (χ4n) is 3.07. The topological polar surface area (TPSA) is 90.5 Å². The van der Waals surface area contributed by atoms with Crippen LogP contribution in [-0.4, -0.2) is 41.7 Å². The first-order valence-corrected chi connectivity index (χ1v) is 8.44. The summed E-state index contributed by atoms with van der Waals surface area (Å²) in [7, 11) is 0. The van der Waals surface area contributed by atoms with Crippen LogP contribution in [-0.2, 0) is 19.4 Å². The second-order valence-corrected chi connectivity index (χ2v) is 6.06. The highest BCUT2D eigenvalue weighted by atomic mass is 16.2. The molecule has 1 atom stereocenters. The highest BCUT2D eigenvalue weighted by Crippen LogP contribution is 2.16. The molecular weight excluding hydrogens is 318 g/mol. The van der Waals surface area contributed by atoms with E-state index in [0.29, 0.717) is 12.2 Å². The van der Waals surface area contributed by atoms with E-state index in [4.69, 9.17) is 0 Å². The van der Waals surface area contributed by atoms with Gasteiger partial charge in [0.1, 0.15) is 11.6 Å². The number of fused-ring (bicyclic) bond motifs is 1. The van der Waals surface area contributed by atoms with E-state index in [1.807, 2.05) is 30.3 Å². The number of para-hydroxylation sites is 1. The van der Waals surface area contributed by atoms with Crippen molar-refractivity contribution in [2.45, 2.75) is 38.8 Å². The van der Waals surface area contributed by atoms with Gasteiger partial charge in [0.2, 0.25) is 0 Å². The molecule has 0 saturated carbocycles. The normalized spacial score (nSPS) is 16.4. The second kappa shape index (κ2) is 6.46. The van der Waals surface area contributed by atoms with Crippen molar-refractivity contribution >= 4 is 5.91 Å². The summed E-state index contributed by atoms with van der Waals surface area (Å²) in [6.07, 6.45) is 3.99. The predicted molar refractivity (Wildman–Crippen MR) is 90.3 cm³/mol. The van der Waals surface area contributed by atoms with E-state index in [0.717, 1.165) is 36.6 Å². The number of benzene rings is 1. The molecule has 1 aromatic carbocycles. The molecule has 1 amide bonds. The zero-order valence-corrected chi connectivity index (χ0v) is 14.0. The van der Waals surface area contributed by atoms with Gasteiger partial charge in [0.05, 0.1) is 11.9 Å². The van der Waals surface area contributed by atoms with Crippen LogP contribution in [0, 0.1) is 0 Å². The molecule has 1 unspecified atom stereocenters. The molecule has 4 rings (SSSR count). The lowest BCUT2D eigenvalue weighted by Crippen LogP contribution is -2.41. The number of hydrogen-bond acceptors (Lipinski definition) is 5. The first-order valence-electron chi connectivity index (χ1n) is 8.44. The fraction of sp³-hybridized carbons (Fsp3) is 0.353. The van der Waals surface area contributed by atoms with Crippen LogP contribution in [0.4, 0.5) is 0 Å². The Hall–Kier alpha value is -3.03. The van der Waals surface area contributed by atoms with Crippen LogP contribution in [0.15, 0.2) is 36.5 Å². The number of nitrogens with one attached hydrogen (secondary N) is 1. The molecule has 0 spiro atoms. The van der Waals surface area contributed by atoms with Gasteiger partial charge in [-0.25, -0.2) is 0 Å². The van der Waals surface area contributed by atoms with Gasteiger partial charge in [0.15, 0.2) is 5.69 Å². The van der Waals surface area contributed by atoms with Crippen LogP contribution >= 0.6 is 0 Å². The minimum Gasteiger partial charge on any atom is -0.346 e. The third-order valence-electron chi connectivity index (χ3n) is 4.39. The van der Waals surface area contributed by atoms with Gasteiger partial charge in [0.25, 0.3) is 5.91 Å². The number of nitrogens with zero attached hydrogens (tertiary/aromatic N) is 6. The third-order valence-corrected chi connectivity index (χ3v) is 4.39. The smallest absolute Gasteiger partial charge is 0.273 e. The lowest BCUT2D eigenvalue weighted by molar-refractivity contribution is 0.0921. The maximum absolute atomic E-state index is 12.5. The Bertz CT molecular complexity index is 870. The van der Waals surface area contributed by atoms with Crippen LogP contribution < -0.4 is 5.32 Å². The molecule has 128 valence electrons. The zero-order chi connectivity index (χ0) is 17.2. The third kappa shape index (κ3) is 3.02. The van der Waals surface area contributed by atoms with Gasteiger partial charge in [-0.3, -0.25) is 4.79 Å². The Kier molecular flexibility index (Phi) is 4.01. The van der Waals surface area contributed by atoms with E-state index in [1.54, 1.807) is 0 Å². The average molecular weight is 337 g/mol. The summed E-state index contributed by atoms with van der Waals surface area (Å²) >= 11 is 0. The van der Waals surface area contributed by atoms with Crippen molar-refractivity contribution in [1.82, 2.24) is 35.1 Å². The number of hydrogen-bond donors (Lipinski definition) is 1. The van der Waals surface area contributed by atoms with Gasteiger partial charge in [-0.2, -0.15) is 9.90 Å². The van der Waals surface area contributed by atoms with Crippen LogP contribution in [0.2, 0.25) is 0 Å². The lowest BCUT2D eigenvalue weighted by Gasteiger charge is -2.24. The van der Waals surface area contributed by atoms with Gasteiger partial charge < -0.3 is 9.88 Å².